The molecular weight excluding hydrogens is 394 g/mol. The van der Waals surface area contributed by atoms with Crippen LogP contribution in [0, 0.1) is 0 Å². The van der Waals surface area contributed by atoms with E-state index in [0.717, 1.165) is 0 Å². The van der Waals surface area contributed by atoms with Crippen molar-refractivity contribution in [2.24, 2.45) is 0 Å². The molecule has 8 heteroatoms. The number of carbonyl (C=O) groups is 2. The zero-order valence-electron chi connectivity index (χ0n) is 15.3. The summed E-state index contributed by atoms with van der Waals surface area (Å²) in [4.78, 5) is 28.9. The molecule has 7 nitrogen and oxygen atoms in total. The van der Waals surface area contributed by atoms with E-state index in [0.29, 0.717) is 22.6 Å². The van der Waals surface area contributed by atoms with E-state index >= 15 is 0 Å². The van der Waals surface area contributed by atoms with Gasteiger partial charge < -0.3 is 20.2 Å². The Hall–Kier alpha value is -3.42. The van der Waals surface area contributed by atoms with E-state index < -0.39 is 11.8 Å². The summed E-state index contributed by atoms with van der Waals surface area (Å²) in [6, 6.07) is 15.3. The molecule has 0 aliphatic heterocycles. The van der Waals surface area contributed by atoms with E-state index in [1.165, 1.54) is 6.08 Å². The number of aliphatic hydroxyl groups is 1. The van der Waals surface area contributed by atoms with Gasteiger partial charge in [0.25, 0.3) is 11.8 Å². The maximum Gasteiger partial charge on any atom is 0.268 e. The minimum Gasteiger partial charge on any atom is -0.457 e. The van der Waals surface area contributed by atoms with Crippen LogP contribution in [0.4, 0.5) is 0 Å². The summed E-state index contributed by atoms with van der Waals surface area (Å²) in [5.41, 5.74) is 0.981. The molecule has 2 amide bonds. The lowest BCUT2D eigenvalue weighted by molar-refractivity contribution is -0.117. The number of aliphatic hydroxyl groups excluding tert-OH is 1. The van der Waals surface area contributed by atoms with Crippen LogP contribution in [-0.4, -0.2) is 35.1 Å². The van der Waals surface area contributed by atoms with Crippen molar-refractivity contribution in [3.05, 3.63) is 83.0 Å². The fraction of sp³-hybridized carbons (Fsp3) is 0.0952. The molecule has 0 spiro atoms. The first-order valence-electron chi connectivity index (χ1n) is 8.76. The summed E-state index contributed by atoms with van der Waals surface area (Å²) >= 11 is 6.09. The van der Waals surface area contributed by atoms with Gasteiger partial charge in [0.05, 0.1) is 12.2 Å². The van der Waals surface area contributed by atoms with Crippen molar-refractivity contribution in [1.82, 2.24) is 15.6 Å². The van der Waals surface area contributed by atoms with Crippen molar-refractivity contribution in [3.8, 4) is 11.3 Å². The summed E-state index contributed by atoms with van der Waals surface area (Å²) in [6.07, 6.45) is 2.97. The van der Waals surface area contributed by atoms with Crippen molar-refractivity contribution in [2.45, 2.75) is 0 Å². The van der Waals surface area contributed by atoms with Crippen LogP contribution in [0.2, 0.25) is 5.15 Å². The molecule has 3 aromatic rings. The molecule has 0 fully saturated rings. The van der Waals surface area contributed by atoms with Gasteiger partial charge in [0.2, 0.25) is 0 Å². The molecule has 0 atom stereocenters. The van der Waals surface area contributed by atoms with E-state index in [9.17, 15) is 9.59 Å². The number of hydrogen-bond donors (Lipinski definition) is 3. The predicted octanol–water partition coefficient (Wildman–Crippen LogP) is 2.87. The fourth-order valence-electron chi connectivity index (χ4n) is 2.49. The molecular formula is C21H18ClN3O4. The summed E-state index contributed by atoms with van der Waals surface area (Å²) < 4.78 is 5.74. The lowest BCUT2D eigenvalue weighted by Crippen LogP contribution is -2.36. The van der Waals surface area contributed by atoms with Crippen molar-refractivity contribution in [2.75, 3.05) is 13.2 Å². The van der Waals surface area contributed by atoms with E-state index in [1.807, 2.05) is 0 Å². The molecule has 0 radical (unpaired) electrons. The zero-order chi connectivity index (χ0) is 20.6. The third-order valence-corrected chi connectivity index (χ3v) is 4.17. The van der Waals surface area contributed by atoms with Crippen LogP contribution < -0.4 is 10.6 Å². The first kappa shape index (κ1) is 20.3. The topological polar surface area (TPSA) is 104 Å². The Balaban J connectivity index is 1.87. The van der Waals surface area contributed by atoms with Crippen LogP contribution in [-0.2, 0) is 4.79 Å². The number of halogens is 1. The highest BCUT2D eigenvalue weighted by Gasteiger charge is 2.16. The Labute approximate surface area is 172 Å². The molecule has 0 saturated carbocycles. The quantitative estimate of drug-likeness (QED) is 0.409. The lowest BCUT2D eigenvalue weighted by atomic mass is 10.2. The Morgan fingerprint density at radius 2 is 1.90 bits per heavy atom. The molecule has 0 bridgehead atoms. The summed E-state index contributed by atoms with van der Waals surface area (Å²) in [5, 5.41) is 14.3. The molecule has 0 aliphatic rings. The monoisotopic (exact) mass is 411 g/mol. The maximum atomic E-state index is 12.5. The van der Waals surface area contributed by atoms with Crippen molar-refractivity contribution < 1.29 is 19.1 Å². The maximum absolute atomic E-state index is 12.5. The second-order valence-corrected chi connectivity index (χ2v) is 6.26. The predicted molar refractivity (Wildman–Crippen MR) is 109 cm³/mol. The van der Waals surface area contributed by atoms with Crippen LogP contribution in [0.3, 0.4) is 0 Å². The standard InChI is InChI=1S/C21H18ClN3O4/c22-19-16(7-4-10-23-19)18-9-8-15(29-18)13-17(21(28)24-11-12-26)25-20(27)14-5-2-1-3-6-14/h1-10,13,26H,11-12H2,(H,24,28)(H,25,27). The highest BCUT2D eigenvalue weighted by atomic mass is 35.5. The van der Waals surface area contributed by atoms with Gasteiger partial charge in [-0.05, 0) is 36.4 Å². The Kier molecular flexibility index (Phi) is 6.78. The second-order valence-electron chi connectivity index (χ2n) is 5.90. The van der Waals surface area contributed by atoms with Crippen molar-refractivity contribution in [3.63, 3.8) is 0 Å². The zero-order valence-corrected chi connectivity index (χ0v) is 16.0. The molecule has 3 N–H and O–H groups in total. The smallest absolute Gasteiger partial charge is 0.268 e. The SMILES string of the molecule is O=C(NCCO)C(=Cc1ccc(-c2cccnc2Cl)o1)NC(=O)c1ccccc1. The Morgan fingerprint density at radius 3 is 2.62 bits per heavy atom. The average molecular weight is 412 g/mol. The number of pyridine rings is 1. The van der Waals surface area contributed by atoms with Crippen molar-refractivity contribution >= 4 is 29.5 Å². The number of nitrogens with zero attached hydrogens (tertiary/aromatic N) is 1. The third kappa shape index (κ3) is 5.31. The van der Waals surface area contributed by atoms with Gasteiger partial charge >= 0.3 is 0 Å². The van der Waals surface area contributed by atoms with Gasteiger partial charge in [-0.15, -0.1) is 0 Å². The third-order valence-electron chi connectivity index (χ3n) is 3.86. The van der Waals surface area contributed by atoms with E-state index in [4.69, 9.17) is 21.1 Å². The highest BCUT2D eigenvalue weighted by Crippen LogP contribution is 2.28. The molecule has 29 heavy (non-hydrogen) atoms. The first-order valence-corrected chi connectivity index (χ1v) is 9.14. The summed E-state index contributed by atoms with van der Waals surface area (Å²) in [5.74, 6) is -0.194. The number of nitrogens with one attached hydrogen (secondary N) is 2. The fourth-order valence-corrected chi connectivity index (χ4v) is 2.71. The summed E-state index contributed by atoms with van der Waals surface area (Å²) in [7, 11) is 0. The number of aromatic nitrogens is 1. The van der Waals surface area contributed by atoms with Gasteiger partial charge in [-0.1, -0.05) is 29.8 Å². The average Bonchev–Trinajstić information content (AvgIpc) is 3.20. The normalized spacial score (nSPS) is 11.2. The highest BCUT2D eigenvalue weighted by molar-refractivity contribution is 6.31. The minimum atomic E-state index is -0.555. The molecule has 2 heterocycles. The van der Waals surface area contributed by atoms with Crippen LogP contribution >= 0.6 is 11.6 Å². The molecule has 0 aliphatic carbocycles. The lowest BCUT2D eigenvalue weighted by Gasteiger charge is -2.10. The van der Waals surface area contributed by atoms with E-state index in [-0.39, 0.29) is 24.0 Å². The number of furan rings is 1. The van der Waals surface area contributed by atoms with Crippen LogP contribution in [0.1, 0.15) is 16.1 Å². The molecule has 1 aromatic carbocycles. The number of rotatable bonds is 7. The Bertz CT molecular complexity index is 1030. The largest absolute Gasteiger partial charge is 0.457 e. The second kappa shape index (κ2) is 9.68. The first-order chi connectivity index (χ1) is 14.1. The van der Waals surface area contributed by atoms with Crippen molar-refractivity contribution in [1.29, 1.82) is 0 Å². The minimum absolute atomic E-state index is 0.0227. The van der Waals surface area contributed by atoms with Crippen LogP contribution in [0.15, 0.2) is 70.9 Å². The molecule has 3 rings (SSSR count). The number of amides is 2. The molecule has 0 unspecified atom stereocenters. The van der Waals surface area contributed by atoms with E-state index in [2.05, 4.69) is 15.6 Å². The van der Waals surface area contributed by atoms with Gasteiger partial charge in [0.15, 0.2) is 0 Å². The molecule has 0 saturated heterocycles. The molecule has 148 valence electrons. The number of benzene rings is 1. The van der Waals surface area contributed by atoms with E-state index in [1.54, 1.807) is 60.8 Å². The van der Waals surface area contributed by atoms with Gasteiger partial charge in [0, 0.05) is 24.4 Å². The Morgan fingerprint density at radius 1 is 1.10 bits per heavy atom. The van der Waals surface area contributed by atoms with Gasteiger partial charge in [-0.25, -0.2) is 4.98 Å². The molecule has 2 aromatic heterocycles. The van der Waals surface area contributed by atoms with Crippen LogP contribution in [0.25, 0.3) is 17.4 Å². The van der Waals surface area contributed by atoms with Gasteiger partial charge in [-0.3, -0.25) is 9.59 Å². The number of carbonyl (C=O) groups excluding carboxylic acids is 2. The van der Waals surface area contributed by atoms with Gasteiger partial charge in [-0.2, -0.15) is 0 Å². The van der Waals surface area contributed by atoms with Gasteiger partial charge in [0.1, 0.15) is 22.4 Å². The van der Waals surface area contributed by atoms with Crippen LogP contribution in [0.5, 0.6) is 0 Å². The number of hydrogen-bond acceptors (Lipinski definition) is 5. The summed E-state index contributed by atoms with van der Waals surface area (Å²) in [6.45, 7) is -0.178.